The molecule has 0 radical (unpaired) electrons. The van der Waals surface area contributed by atoms with Gasteiger partial charge in [0.25, 0.3) is 0 Å². The number of pyridine rings is 1. The van der Waals surface area contributed by atoms with Gasteiger partial charge in [-0.25, -0.2) is 4.98 Å². The fourth-order valence-electron chi connectivity index (χ4n) is 1.63. The van der Waals surface area contributed by atoms with Gasteiger partial charge in [-0.3, -0.25) is 0 Å². The zero-order chi connectivity index (χ0) is 11.4. The third-order valence-electron chi connectivity index (χ3n) is 2.26. The van der Waals surface area contributed by atoms with Crippen molar-refractivity contribution in [2.45, 2.75) is 13.8 Å². The summed E-state index contributed by atoms with van der Waals surface area (Å²) < 4.78 is 10.9. The van der Waals surface area contributed by atoms with Crippen LogP contribution in [-0.4, -0.2) is 18.2 Å². The van der Waals surface area contributed by atoms with E-state index >= 15 is 0 Å². The maximum atomic E-state index is 5.52. The van der Waals surface area contributed by atoms with Gasteiger partial charge in [-0.1, -0.05) is 12.1 Å². The SMILES string of the molecule is CCOc1cnc2c(OCC)cccc2c1. The molecule has 3 heteroatoms. The summed E-state index contributed by atoms with van der Waals surface area (Å²) in [6.07, 6.45) is 1.73. The number of benzene rings is 1. The molecule has 84 valence electrons. The van der Waals surface area contributed by atoms with Crippen molar-refractivity contribution in [3.8, 4) is 11.5 Å². The quantitative estimate of drug-likeness (QED) is 0.788. The molecule has 0 unspecified atom stereocenters. The number of hydrogen-bond acceptors (Lipinski definition) is 3. The molecule has 0 aliphatic carbocycles. The summed E-state index contributed by atoms with van der Waals surface area (Å²) in [7, 11) is 0. The van der Waals surface area contributed by atoms with E-state index in [0.29, 0.717) is 13.2 Å². The van der Waals surface area contributed by atoms with Crippen LogP contribution in [0.15, 0.2) is 30.5 Å². The monoisotopic (exact) mass is 217 g/mol. The first kappa shape index (κ1) is 10.7. The highest BCUT2D eigenvalue weighted by molar-refractivity contribution is 5.85. The maximum Gasteiger partial charge on any atom is 0.145 e. The molecule has 0 N–H and O–H groups in total. The van der Waals surface area contributed by atoms with Crippen LogP contribution in [0.2, 0.25) is 0 Å². The second kappa shape index (κ2) is 4.84. The molecule has 0 fully saturated rings. The summed E-state index contributed by atoms with van der Waals surface area (Å²) >= 11 is 0. The highest BCUT2D eigenvalue weighted by atomic mass is 16.5. The lowest BCUT2D eigenvalue weighted by molar-refractivity contribution is 0.338. The first-order valence-electron chi connectivity index (χ1n) is 5.49. The second-order valence-electron chi connectivity index (χ2n) is 3.36. The van der Waals surface area contributed by atoms with E-state index in [2.05, 4.69) is 4.98 Å². The molecule has 1 aromatic heterocycles. The zero-order valence-electron chi connectivity index (χ0n) is 9.56. The molecule has 0 atom stereocenters. The van der Waals surface area contributed by atoms with Crippen LogP contribution in [0.3, 0.4) is 0 Å². The number of rotatable bonds is 4. The Kier molecular flexibility index (Phi) is 3.25. The average molecular weight is 217 g/mol. The third-order valence-corrected chi connectivity index (χ3v) is 2.26. The van der Waals surface area contributed by atoms with Crippen LogP contribution < -0.4 is 9.47 Å². The molecular weight excluding hydrogens is 202 g/mol. The van der Waals surface area contributed by atoms with Gasteiger partial charge in [0.15, 0.2) is 0 Å². The number of hydrogen-bond donors (Lipinski definition) is 0. The zero-order valence-corrected chi connectivity index (χ0v) is 9.56. The molecule has 1 heterocycles. The molecule has 16 heavy (non-hydrogen) atoms. The van der Waals surface area contributed by atoms with Gasteiger partial charge in [0.1, 0.15) is 17.0 Å². The normalized spacial score (nSPS) is 10.4. The maximum absolute atomic E-state index is 5.52. The van der Waals surface area contributed by atoms with Gasteiger partial charge in [0, 0.05) is 5.39 Å². The summed E-state index contributed by atoms with van der Waals surface area (Å²) in [5.41, 5.74) is 0.882. The summed E-state index contributed by atoms with van der Waals surface area (Å²) in [6.45, 7) is 5.22. The minimum absolute atomic E-state index is 0.647. The van der Waals surface area contributed by atoms with E-state index in [9.17, 15) is 0 Å². The van der Waals surface area contributed by atoms with Crippen LogP contribution in [0.25, 0.3) is 10.9 Å². The van der Waals surface area contributed by atoms with Crippen molar-refractivity contribution in [3.63, 3.8) is 0 Å². The third kappa shape index (κ3) is 2.08. The molecule has 0 aliphatic rings. The molecule has 0 saturated carbocycles. The number of ether oxygens (including phenoxy) is 2. The number of fused-ring (bicyclic) bond motifs is 1. The number of nitrogens with zero attached hydrogens (tertiary/aromatic N) is 1. The number of para-hydroxylation sites is 1. The Morgan fingerprint density at radius 1 is 1.12 bits per heavy atom. The van der Waals surface area contributed by atoms with Crippen molar-refractivity contribution < 1.29 is 9.47 Å². The second-order valence-corrected chi connectivity index (χ2v) is 3.36. The largest absolute Gasteiger partial charge is 0.492 e. The smallest absolute Gasteiger partial charge is 0.145 e. The fraction of sp³-hybridized carbons (Fsp3) is 0.308. The van der Waals surface area contributed by atoms with Crippen molar-refractivity contribution in [1.29, 1.82) is 0 Å². The Labute approximate surface area is 95.0 Å². The first-order valence-corrected chi connectivity index (χ1v) is 5.49. The lowest BCUT2D eigenvalue weighted by Gasteiger charge is -2.08. The van der Waals surface area contributed by atoms with Crippen LogP contribution in [0, 0.1) is 0 Å². The van der Waals surface area contributed by atoms with E-state index in [0.717, 1.165) is 22.4 Å². The molecule has 0 bridgehead atoms. The van der Waals surface area contributed by atoms with Gasteiger partial charge in [-0.15, -0.1) is 0 Å². The van der Waals surface area contributed by atoms with Crippen molar-refractivity contribution in [2.24, 2.45) is 0 Å². The Balaban J connectivity index is 2.46. The summed E-state index contributed by atoms with van der Waals surface area (Å²) in [4.78, 5) is 4.37. The predicted octanol–water partition coefficient (Wildman–Crippen LogP) is 3.03. The Morgan fingerprint density at radius 2 is 1.94 bits per heavy atom. The minimum atomic E-state index is 0.647. The Morgan fingerprint density at radius 3 is 2.69 bits per heavy atom. The fourth-order valence-corrected chi connectivity index (χ4v) is 1.63. The summed E-state index contributed by atoms with van der Waals surface area (Å²) in [5.74, 6) is 1.62. The van der Waals surface area contributed by atoms with Crippen LogP contribution >= 0.6 is 0 Å². The highest BCUT2D eigenvalue weighted by Gasteiger charge is 2.04. The lowest BCUT2D eigenvalue weighted by Crippen LogP contribution is -1.95. The molecule has 1 aromatic carbocycles. The molecule has 2 aromatic rings. The minimum Gasteiger partial charge on any atom is -0.492 e. The molecule has 0 aliphatic heterocycles. The van der Waals surface area contributed by atoms with Crippen LogP contribution in [-0.2, 0) is 0 Å². The van der Waals surface area contributed by atoms with E-state index in [1.807, 2.05) is 38.1 Å². The van der Waals surface area contributed by atoms with Crippen LogP contribution in [0.5, 0.6) is 11.5 Å². The molecule has 2 rings (SSSR count). The molecule has 0 amide bonds. The van der Waals surface area contributed by atoms with Gasteiger partial charge in [0.2, 0.25) is 0 Å². The molecule has 3 nitrogen and oxygen atoms in total. The van der Waals surface area contributed by atoms with E-state index in [1.165, 1.54) is 0 Å². The average Bonchev–Trinajstić information content (AvgIpc) is 2.30. The van der Waals surface area contributed by atoms with Gasteiger partial charge in [0.05, 0.1) is 19.4 Å². The highest BCUT2D eigenvalue weighted by Crippen LogP contribution is 2.26. The van der Waals surface area contributed by atoms with Crippen molar-refractivity contribution in [1.82, 2.24) is 4.98 Å². The lowest BCUT2D eigenvalue weighted by atomic mass is 10.2. The topological polar surface area (TPSA) is 31.4 Å². The van der Waals surface area contributed by atoms with Gasteiger partial charge in [-0.2, -0.15) is 0 Å². The molecule has 0 spiro atoms. The Bertz CT molecular complexity index is 482. The van der Waals surface area contributed by atoms with Gasteiger partial charge < -0.3 is 9.47 Å². The van der Waals surface area contributed by atoms with Gasteiger partial charge in [-0.05, 0) is 26.0 Å². The predicted molar refractivity (Wildman–Crippen MR) is 64.1 cm³/mol. The van der Waals surface area contributed by atoms with E-state index in [4.69, 9.17) is 9.47 Å². The summed E-state index contributed by atoms with van der Waals surface area (Å²) in [5, 5.41) is 1.04. The van der Waals surface area contributed by atoms with Crippen LogP contribution in [0.4, 0.5) is 0 Å². The summed E-state index contributed by atoms with van der Waals surface area (Å²) in [6, 6.07) is 7.88. The van der Waals surface area contributed by atoms with Crippen molar-refractivity contribution in [3.05, 3.63) is 30.5 Å². The Hall–Kier alpha value is -1.77. The van der Waals surface area contributed by atoms with E-state index in [-0.39, 0.29) is 0 Å². The van der Waals surface area contributed by atoms with E-state index < -0.39 is 0 Å². The van der Waals surface area contributed by atoms with Gasteiger partial charge >= 0.3 is 0 Å². The molecular formula is C13H15NO2. The van der Waals surface area contributed by atoms with Crippen LogP contribution in [0.1, 0.15) is 13.8 Å². The van der Waals surface area contributed by atoms with E-state index in [1.54, 1.807) is 6.20 Å². The standard InChI is InChI=1S/C13H15NO2/c1-3-15-11-8-10-6-5-7-12(16-4-2)13(10)14-9-11/h5-9H,3-4H2,1-2H3. The molecule has 0 saturated heterocycles. The first-order chi connectivity index (χ1) is 7.85. The number of aromatic nitrogens is 1. The van der Waals surface area contributed by atoms with Crippen molar-refractivity contribution >= 4 is 10.9 Å². The van der Waals surface area contributed by atoms with Crippen molar-refractivity contribution in [2.75, 3.05) is 13.2 Å².